The lowest BCUT2D eigenvalue weighted by Gasteiger charge is -2.17. The zero-order valence-electron chi connectivity index (χ0n) is 13.4. The predicted octanol–water partition coefficient (Wildman–Crippen LogP) is 3.13. The number of rotatable bonds is 5. The van der Waals surface area contributed by atoms with E-state index in [2.05, 4.69) is 0 Å². The van der Waals surface area contributed by atoms with Crippen LogP contribution in [0, 0.1) is 10.1 Å². The van der Waals surface area contributed by atoms with E-state index in [1.165, 1.54) is 6.07 Å². The molecule has 3 rings (SSSR count). The van der Waals surface area contributed by atoms with Crippen molar-refractivity contribution < 1.29 is 14.5 Å². The molecular weight excluding hydrogens is 308 g/mol. The van der Waals surface area contributed by atoms with Gasteiger partial charge in [0.1, 0.15) is 11.4 Å². The van der Waals surface area contributed by atoms with Crippen LogP contribution in [0.5, 0.6) is 5.75 Å². The lowest BCUT2D eigenvalue weighted by Crippen LogP contribution is -2.29. The molecule has 124 valence electrons. The maximum absolute atomic E-state index is 12.6. The topological polar surface area (TPSA) is 72.7 Å². The molecule has 1 aliphatic rings. The lowest BCUT2D eigenvalue weighted by molar-refractivity contribution is -0.384. The second-order valence-corrected chi connectivity index (χ2v) is 5.69. The molecule has 1 aliphatic heterocycles. The minimum Gasteiger partial charge on any atom is -0.497 e. The Balaban J connectivity index is 1.72. The van der Waals surface area contributed by atoms with E-state index >= 15 is 0 Å². The highest BCUT2D eigenvalue weighted by molar-refractivity contribution is 5.98. The van der Waals surface area contributed by atoms with Crippen LogP contribution < -0.4 is 9.64 Å². The number of hydrogen-bond acceptors (Lipinski definition) is 4. The van der Waals surface area contributed by atoms with Crippen molar-refractivity contribution in [2.24, 2.45) is 0 Å². The van der Waals surface area contributed by atoms with Crippen LogP contribution in [0.2, 0.25) is 0 Å². The fourth-order valence-electron chi connectivity index (χ4n) is 3.01. The van der Waals surface area contributed by atoms with Crippen LogP contribution in [0.1, 0.15) is 17.5 Å². The molecule has 2 aromatic rings. The normalized spacial score (nSPS) is 12.8. The van der Waals surface area contributed by atoms with Gasteiger partial charge in [-0.25, -0.2) is 0 Å². The van der Waals surface area contributed by atoms with Crippen LogP contribution >= 0.6 is 0 Å². The van der Waals surface area contributed by atoms with E-state index in [0.717, 1.165) is 16.9 Å². The molecule has 2 aromatic carbocycles. The molecule has 0 aliphatic carbocycles. The van der Waals surface area contributed by atoms with Gasteiger partial charge in [-0.2, -0.15) is 0 Å². The van der Waals surface area contributed by atoms with Crippen LogP contribution in [0.3, 0.4) is 0 Å². The number of benzene rings is 2. The number of nitro groups is 1. The molecule has 0 unspecified atom stereocenters. The Kier molecular flexibility index (Phi) is 4.46. The highest BCUT2D eigenvalue weighted by Crippen LogP contribution is 2.37. The van der Waals surface area contributed by atoms with Crippen molar-refractivity contribution in [2.45, 2.75) is 19.3 Å². The molecule has 1 heterocycles. The molecule has 6 nitrogen and oxygen atoms in total. The molecule has 24 heavy (non-hydrogen) atoms. The Morgan fingerprint density at radius 1 is 1.25 bits per heavy atom. The molecule has 0 N–H and O–H groups in total. The number of aryl methyl sites for hydroxylation is 1. The smallest absolute Gasteiger partial charge is 0.293 e. The van der Waals surface area contributed by atoms with Gasteiger partial charge in [-0.1, -0.05) is 24.3 Å². The summed E-state index contributed by atoms with van der Waals surface area (Å²) in [6.45, 7) is 0.502. The second kappa shape index (κ2) is 6.70. The Bertz CT molecular complexity index is 771. The first kappa shape index (κ1) is 16.0. The molecule has 1 amide bonds. The number of anilines is 1. The fourth-order valence-corrected chi connectivity index (χ4v) is 3.01. The molecule has 0 fully saturated rings. The van der Waals surface area contributed by atoms with E-state index in [1.54, 1.807) is 18.1 Å². The van der Waals surface area contributed by atoms with Crippen molar-refractivity contribution in [3.63, 3.8) is 0 Å². The molecule has 0 atom stereocenters. The van der Waals surface area contributed by atoms with E-state index < -0.39 is 4.92 Å². The quantitative estimate of drug-likeness (QED) is 0.625. The largest absolute Gasteiger partial charge is 0.497 e. The third kappa shape index (κ3) is 3.08. The van der Waals surface area contributed by atoms with E-state index in [9.17, 15) is 14.9 Å². The van der Waals surface area contributed by atoms with E-state index in [1.807, 2.05) is 30.3 Å². The van der Waals surface area contributed by atoms with Crippen LogP contribution in [0.4, 0.5) is 11.4 Å². The van der Waals surface area contributed by atoms with Crippen molar-refractivity contribution in [1.82, 2.24) is 0 Å². The number of ether oxygens (including phenoxy) is 1. The van der Waals surface area contributed by atoms with Crippen LogP contribution in [-0.2, 0) is 17.6 Å². The van der Waals surface area contributed by atoms with Gasteiger partial charge in [0.25, 0.3) is 5.69 Å². The number of nitrogens with zero attached hydrogens (tertiary/aromatic N) is 2. The number of para-hydroxylation sites is 1. The first-order valence-electron chi connectivity index (χ1n) is 7.79. The highest BCUT2D eigenvalue weighted by Gasteiger charge is 2.31. The Hall–Kier alpha value is -2.89. The van der Waals surface area contributed by atoms with E-state index in [0.29, 0.717) is 31.5 Å². The summed E-state index contributed by atoms with van der Waals surface area (Å²) in [6, 6.07) is 12.5. The van der Waals surface area contributed by atoms with Crippen LogP contribution in [-0.4, -0.2) is 24.5 Å². The lowest BCUT2D eigenvalue weighted by atomic mass is 10.1. The van der Waals surface area contributed by atoms with Crippen molar-refractivity contribution in [3.05, 3.63) is 63.7 Å². The van der Waals surface area contributed by atoms with Crippen LogP contribution in [0.25, 0.3) is 0 Å². The Labute approximate surface area is 139 Å². The summed E-state index contributed by atoms with van der Waals surface area (Å²) >= 11 is 0. The SMILES string of the molecule is COc1ccc(CCC(=O)N2CCc3cccc([N+](=O)[O-])c32)cc1. The van der Waals surface area contributed by atoms with Gasteiger partial charge < -0.3 is 9.64 Å². The van der Waals surface area contributed by atoms with Gasteiger partial charge in [0, 0.05) is 19.0 Å². The molecule has 6 heteroatoms. The molecular formula is C18H18N2O4. The number of methoxy groups -OCH3 is 1. The number of amides is 1. The average Bonchev–Trinajstić information content (AvgIpc) is 3.04. The van der Waals surface area contributed by atoms with Gasteiger partial charge in [0.15, 0.2) is 0 Å². The van der Waals surface area contributed by atoms with Gasteiger partial charge >= 0.3 is 0 Å². The molecule has 0 bridgehead atoms. The van der Waals surface area contributed by atoms with Gasteiger partial charge in [-0.15, -0.1) is 0 Å². The standard InChI is InChI=1S/C18H18N2O4/c1-24-15-8-5-13(6-9-15)7-10-17(21)19-12-11-14-3-2-4-16(18(14)19)20(22)23/h2-6,8-9H,7,10-12H2,1H3. The Morgan fingerprint density at radius 3 is 2.67 bits per heavy atom. The van der Waals surface area contributed by atoms with Gasteiger partial charge in [0.05, 0.1) is 12.0 Å². The van der Waals surface area contributed by atoms with Crippen molar-refractivity contribution in [3.8, 4) is 5.75 Å². The third-order valence-corrected chi connectivity index (χ3v) is 4.26. The first-order chi connectivity index (χ1) is 11.6. The van der Waals surface area contributed by atoms with Crippen molar-refractivity contribution in [1.29, 1.82) is 0 Å². The molecule has 0 saturated carbocycles. The zero-order valence-corrected chi connectivity index (χ0v) is 13.4. The summed E-state index contributed by atoms with van der Waals surface area (Å²) in [5.74, 6) is 0.688. The minimum atomic E-state index is -0.423. The van der Waals surface area contributed by atoms with E-state index in [-0.39, 0.29) is 11.6 Å². The number of fused-ring (bicyclic) bond motifs is 1. The number of hydrogen-bond donors (Lipinski definition) is 0. The number of carbonyl (C=O) groups is 1. The van der Waals surface area contributed by atoms with Crippen LogP contribution in [0.15, 0.2) is 42.5 Å². The molecule has 0 aromatic heterocycles. The van der Waals surface area contributed by atoms with Gasteiger partial charge in [-0.05, 0) is 36.1 Å². The number of carbonyl (C=O) groups excluding carboxylic acids is 1. The average molecular weight is 326 g/mol. The monoisotopic (exact) mass is 326 g/mol. The summed E-state index contributed by atoms with van der Waals surface area (Å²) in [6.07, 6.45) is 1.57. The van der Waals surface area contributed by atoms with Gasteiger partial charge in [-0.3, -0.25) is 14.9 Å². The summed E-state index contributed by atoms with van der Waals surface area (Å²) in [5.41, 5.74) is 2.36. The number of nitro benzene ring substituents is 1. The molecule has 0 spiro atoms. The highest BCUT2D eigenvalue weighted by atomic mass is 16.6. The first-order valence-corrected chi connectivity index (χ1v) is 7.79. The summed E-state index contributed by atoms with van der Waals surface area (Å²) < 4.78 is 5.11. The van der Waals surface area contributed by atoms with E-state index in [4.69, 9.17) is 4.74 Å². The summed E-state index contributed by atoms with van der Waals surface area (Å²) in [5, 5.41) is 11.2. The van der Waals surface area contributed by atoms with Gasteiger partial charge in [0.2, 0.25) is 5.91 Å². The third-order valence-electron chi connectivity index (χ3n) is 4.26. The van der Waals surface area contributed by atoms with Crippen molar-refractivity contribution >= 4 is 17.3 Å². The molecule has 0 radical (unpaired) electrons. The zero-order chi connectivity index (χ0) is 17.1. The Morgan fingerprint density at radius 2 is 2.00 bits per heavy atom. The summed E-state index contributed by atoms with van der Waals surface area (Å²) in [4.78, 5) is 24.9. The second-order valence-electron chi connectivity index (χ2n) is 5.69. The van der Waals surface area contributed by atoms with Crippen molar-refractivity contribution in [2.75, 3.05) is 18.6 Å². The minimum absolute atomic E-state index is 0.00259. The fraction of sp³-hybridized carbons (Fsp3) is 0.278. The maximum Gasteiger partial charge on any atom is 0.293 e. The maximum atomic E-state index is 12.6. The predicted molar refractivity (Wildman–Crippen MR) is 90.5 cm³/mol. The summed E-state index contributed by atoms with van der Waals surface area (Å²) in [7, 11) is 1.61. The molecule has 0 saturated heterocycles.